The molecule has 4 aliphatic heterocycles. The van der Waals surface area contributed by atoms with Crippen molar-refractivity contribution >= 4 is 22.8 Å². The summed E-state index contributed by atoms with van der Waals surface area (Å²) in [7, 11) is 0. The fourth-order valence-corrected chi connectivity index (χ4v) is 8.31. The Kier molecular flexibility index (Phi) is 7.12. The first kappa shape index (κ1) is 29.8. The standard InChI is InChI=1S/C35H42F2N6O3/c1-34(2,3)46-33(44)43-23-11-12-24(43)19-41(18-23)31-27-16-38-29(26-8-5-4-7-25(26)21-9-10-21)28(37)30(27)39-32(40-31)45-20-35-13-6-14-42(35)17-22(36)15-35/h4-5,7-8,16,21-24H,6,9-15,17-20H2,1-3H3/t22-,23?,24?,35+/m1/s1. The number of alkyl halides is 1. The Bertz CT molecular complexity index is 1660. The first-order chi connectivity index (χ1) is 22.1. The average Bonchev–Trinajstić information content (AvgIpc) is 3.64. The van der Waals surface area contributed by atoms with E-state index in [-0.39, 0.29) is 47.5 Å². The van der Waals surface area contributed by atoms with E-state index in [0.717, 1.165) is 56.2 Å². The molecule has 11 heteroatoms. The second-order valence-electron chi connectivity index (χ2n) is 14.9. The maximum atomic E-state index is 16.7. The van der Waals surface area contributed by atoms with Gasteiger partial charge in [0.05, 0.1) is 23.0 Å². The maximum absolute atomic E-state index is 16.7. The van der Waals surface area contributed by atoms with E-state index < -0.39 is 17.6 Å². The summed E-state index contributed by atoms with van der Waals surface area (Å²) in [6.07, 6.45) is 6.65. The number of nitrogens with zero attached hydrogens (tertiary/aromatic N) is 6. The number of rotatable bonds is 6. The Morgan fingerprint density at radius 2 is 1.83 bits per heavy atom. The lowest BCUT2D eigenvalue weighted by atomic mass is 9.95. The molecule has 4 saturated heterocycles. The summed E-state index contributed by atoms with van der Waals surface area (Å²) in [5.74, 6) is 0.466. The molecule has 6 heterocycles. The number of aromatic nitrogens is 3. The van der Waals surface area contributed by atoms with Gasteiger partial charge in [0.2, 0.25) is 0 Å². The monoisotopic (exact) mass is 632 g/mol. The first-order valence-electron chi connectivity index (χ1n) is 16.8. The number of anilines is 1. The van der Waals surface area contributed by atoms with Gasteiger partial charge in [0.1, 0.15) is 35.4 Å². The number of hydrogen-bond donors (Lipinski definition) is 0. The number of carbonyl (C=O) groups excluding carboxylic acids is 1. The zero-order valence-corrected chi connectivity index (χ0v) is 26.8. The van der Waals surface area contributed by atoms with E-state index in [1.807, 2.05) is 43.9 Å². The van der Waals surface area contributed by atoms with E-state index in [0.29, 0.717) is 43.2 Å². The largest absolute Gasteiger partial charge is 0.461 e. The summed E-state index contributed by atoms with van der Waals surface area (Å²) in [5.41, 5.74) is 1.36. The Morgan fingerprint density at radius 1 is 1.07 bits per heavy atom. The van der Waals surface area contributed by atoms with E-state index in [1.54, 1.807) is 6.20 Å². The lowest BCUT2D eigenvalue weighted by molar-refractivity contribution is 0.0122. The van der Waals surface area contributed by atoms with Crippen molar-refractivity contribution in [1.29, 1.82) is 0 Å². The molecule has 2 bridgehead atoms. The van der Waals surface area contributed by atoms with Gasteiger partial charge in [0.15, 0.2) is 5.82 Å². The third kappa shape index (κ3) is 5.24. The third-order valence-corrected chi connectivity index (χ3v) is 10.5. The first-order valence-corrected chi connectivity index (χ1v) is 16.8. The minimum atomic E-state index is -0.883. The molecule has 1 aromatic carbocycles. The number of amides is 1. The maximum Gasteiger partial charge on any atom is 0.410 e. The number of carbonyl (C=O) groups is 1. The van der Waals surface area contributed by atoms with Crippen LogP contribution >= 0.6 is 0 Å². The van der Waals surface area contributed by atoms with Gasteiger partial charge in [-0.2, -0.15) is 9.97 Å². The Hall–Kier alpha value is -3.60. The van der Waals surface area contributed by atoms with Crippen LogP contribution in [0, 0.1) is 5.82 Å². The quantitative estimate of drug-likeness (QED) is 0.315. The van der Waals surface area contributed by atoms with Crippen molar-refractivity contribution in [1.82, 2.24) is 24.8 Å². The molecule has 0 spiro atoms. The highest BCUT2D eigenvalue weighted by atomic mass is 19.1. The summed E-state index contributed by atoms with van der Waals surface area (Å²) in [5, 5.41) is 0.507. The molecule has 1 saturated carbocycles. The van der Waals surface area contributed by atoms with Crippen molar-refractivity contribution in [2.75, 3.05) is 37.7 Å². The summed E-state index contributed by atoms with van der Waals surface area (Å²) in [6.45, 7) is 8.19. The van der Waals surface area contributed by atoms with Gasteiger partial charge in [-0.15, -0.1) is 0 Å². The second-order valence-corrected chi connectivity index (χ2v) is 14.9. The van der Waals surface area contributed by atoms with Crippen molar-refractivity contribution in [2.45, 2.75) is 101 Å². The Labute approximate surface area is 268 Å². The lowest BCUT2D eigenvalue weighted by Gasteiger charge is -2.42. The Morgan fingerprint density at radius 3 is 2.57 bits per heavy atom. The van der Waals surface area contributed by atoms with Crippen LogP contribution in [-0.4, -0.2) is 93.0 Å². The molecule has 5 aliphatic rings. The summed E-state index contributed by atoms with van der Waals surface area (Å²) < 4.78 is 43.3. The van der Waals surface area contributed by atoms with E-state index in [2.05, 4.69) is 25.8 Å². The van der Waals surface area contributed by atoms with Gasteiger partial charge in [0.25, 0.3) is 0 Å². The van der Waals surface area contributed by atoms with Gasteiger partial charge in [-0.3, -0.25) is 14.8 Å². The molecule has 0 radical (unpaired) electrons. The molecule has 0 N–H and O–H groups in total. The van der Waals surface area contributed by atoms with Gasteiger partial charge in [0, 0.05) is 37.8 Å². The number of halogens is 2. The third-order valence-electron chi connectivity index (χ3n) is 10.5. The number of ether oxygens (including phenoxy) is 2. The molecule has 2 unspecified atom stereocenters. The van der Waals surface area contributed by atoms with Crippen LogP contribution in [0.25, 0.3) is 22.2 Å². The van der Waals surface area contributed by atoms with Crippen molar-refractivity contribution in [3.05, 3.63) is 41.8 Å². The number of hydrogen-bond acceptors (Lipinski definition) is 8. The second kappa shape index (κ2) is 11.0. The van der Waals surface area contributed by atoms with Crippen LogP contribution in [0.3, 0.4) is 0 Å². The molecule has 4 atom stereocenters. The molecular formula is C35H42F2N6O3. The van der Waals surface area contributed by atoms with E-state index in [4.69, 9.17) is 14.5 Å². The molecule has 2 aromatic heterocycles. The van der Waals surface area contributed by atoms with Gasteiger partial charge < -0.3 is 14.4 Å². The minimum Gasteiger partial charge on any atom is -0.461 e. The molecule has 9 nitrogen and oxygen atoms in total. The molecule has 3 aromatic rings. The highest BCUT2D eigenvalue weighted by Gasteiger charge is 2.50. The summed E-state index contributed by atoms with van der Waals surface area (Å²) >= 11 is 0. The van der Waals surface area contributed by atoms with Crippen molar-refractivity contribution < 1.29 is 23.0 Å². The fourth-order valence-electron chi connectivity index (χ4n) is 8.31. The van der Waals surface area contributed by atoms with Crippen LogP contribution in [0.5, 0.6) is 6.01 Å². The summed E-state index contributed by atoms with van der Waals surface area (Å²) in [6, 6.07) is 7.86. The molecular weight excluding hydrogens is 590 g/mol. The smallest absolute Gasteiger partial charge is 0.410 e. The molecule has 1 aliphatic carbocycles. The van der Waals surface area contributed by atoms with Crippen LogP contribution in [0.15, 0.2) is 30.5 Å². The lowest BCUT2D eigenvalue weighted by Crippen LogP contribution is -2.57. The van der Waals surface area contributed by atoms with Crippen LogP contribution in [0.1, 0.15) is 77.2 Å². The zero-order chi connectivity index (χ0) is 31.8. The highest BCUT2D eigenvalue weighted by Crippen LogP contribution is 2.45. The highest BCUT2D eigenvalue weighted by molar-refractivity contribution is 5.92. The topological polar surface area (TPSA) is 83.9 Å². The zero-order valence-electron chi connectivity index (χ0n) is 26.8. The van der Waals surface area contributed by atoms with E-state index in [1.165, 1.54) is 0 Å². The number of pyridine rings is 1. The van der Waals surface area contributed by atoms with Gasteiger partial charge in [-0.25, -0.2) is 13.6 Å². The van der Waals surface area contributed by atoms with E-state index >= 15 is 4.39 Å². The predicted octanol–water partition coefficient (Wildman–Crippen LogP) is 6.25. The van der Waals surface area contributed by atoms with Crippen molar-refractivity contribution in [2.24, 2.45) is 0 Å². The SMILES string of the molecule is CC(C)(C)OC(=O)N1C2CCC1CN(c1nc(OC[C@@]34CCCN3C[C@H](F)C4)nc3c(F)c(-c4ccccc4C4CC4)ncc13)C2. The normalized spacial score (nSPS) is 27.8. The molecule has 8 rings (SSSR count). The molecule has 5 fully saturated rings. The number of piperazine rings is 1. The molecule has 1 amide bonds. The molecule has 244 valence electrons. The minimum absolute atomic E-state index is 0.0589. The van der Waals surface area contributed by atoms with Crippen LogP contribution in [0.2, 0.25) is 0 Å². The fraction of sp³-hybridized carbons (Fsp3) is 0.600. The van der Waals surface area contributed by atoms with Gasteiger partial charge in [-0.05, 0) is 77.3 Å². The van der Waals surface area contributed by atoms with Gasteiger partial charge >= 0.3 is 12.1 Å². The van der Waals surface area contributed by atoms with Crippen LogP contribution in [0.4, 0.5) is 19.4 Å². The van der Waals surface area contributed by atoms with Crippen molar-refractivity contribution in [3.63, 3.8) is 0 Å². The number of fused-ring (bicyclic) bond motifs is 4. The van der Waals surface area contributed by atoms with Crippen LogP contribution in [-0.2, 0) is 4.74 Å². The predicted molar refractivity (Wildman–Crippen MR) is 170 cm³/mol. The number of benzene rings is 1. The average molecular weight is 633 g/mol. The Balaban J connectivity index is 1.17. The van der Waals surface area contributed by atoms with Gasteiger partial charge in [-0.1, -0.05) is 24.3 Å². The van der Waals surface area contributed by atoms with E-state index in [9.17, 15) is 9.18 Å². The van der Waals surface area contributed by atoms with Crippen molar-refractivity contribution in [3.8, 4) is 17.3 Å². The summed E-state index contributed by atoms with van der Waals surface area (Å²) in [4.78, 5) is 33.5. The molecule has 46 heavy (non-hydrogen) atoms. The van der Waals surface area contributed by atoms with Crippen LogP contribution < -0.4 is 9.64 Å².